The van der Waals surface area contributed by atoms with Crippen LogP contribution in [0.2, 0.25) is 10.0 Å². The molecule has 1 aromatic rings. The van der Waals surface area contributed by atoms with E-state index in [9.17, 15) is 14.7 Å². The fourth-order valence-electron chi connectivity index (χ4n) is 3.20. The van der Waals surface area contributed by atoms with Gasteiger partial charge in [0.05, 0.1) is 6.10 Å². The molecule has 0 saturated carbocycles. The number of hydrogen-bond donors (Lipinski definition) is 2. The molecule has 0 fully saturated rings. The molecule has 0 saturated heterocycles. The van der Waals surface area contributed by atoms with Gasteiger partial charge in [0.1, 0.15) is 5.60 Å². The number of carbonyl (C=O) groups is 2. The predicted octanol–water partition coefficient (Wildman–Crippen LogP) is 4.58. The summed E-state index contributed by atoms with van der Waals surface area (Å²) < 4.78 is 11.3. The predicted molar refractivity (Wildman–Crippen MR) is 122 cm³/mol. The Hall–Kier alpha value is -1.86. The van der Waals surface area contributed by atoms with E-state index in [4.69, 9.17) is 32.7 Å². The highest BCUT2D eigenvalue weighted by Gasteiger charge is 2.31. The molecule has 0 spiro atoms. The Morgan fingerprint density at radius 2 is 2.06 bits per heavy atom. The summed E-state index contributed by atoms with van der Waals surface area (Å²) in [6.07, 6.45) is 5.90. The molecular weight excluding hydrogens is 441 g/mol. The van der Waals surface area contributed by atoms with Gasteiger partial charge in [0.25, 0.3) is 5.91 Å². The molecule has 1 aliphatic rings. The minimum atomic E-state index is -1.03. The summed E-state index contributed by atoms with van der Waals surface area (Å²) >= 11 is 12.1. The molecule has 0 aliphatic heterocycles. The third-order valence-corrected chi connectivity index (χ3v) is 5.48. The van der Waals surface area contributed by atoms with Crippen LogP contribution in [-0.4, -0.2) is 47.9 Å². The smallest absolute Gasteiger partial charge is 0.333 e. The van der Waals surface area contributed by atoms with Gasteiger partial charge in [-0.2, -0.15) is 0 Å². The molecule has 0 heterocycles. The van der Waals surface area contributed by atoms with E-state index in [1.54, 1.807) is 32.9 Å². The van der Waals surface area contributed by atoms with Gasteiger partial charge in [0, 0.05) is 29.6 Å². The fourth-order valence-corrected chi connectivity index (χ4v) is 3.70. The number of amides is 1. The van der Waals surface area contributed by atoms with E-state index < -0.39 is 17.7 Å². The van der Waals surface area contributed by atoms with Crippen molar-refractivity contribution in [3.05, 3.63) is 57.6 Å². The standard InChI is InChI=1S/C23H29Cl2NO5/c1-4-30-20(21(27)28)13-15-5-9-18(10-6-15)31-23(2,3)22(29)26-12-11-16-7-8-17(24)14-19(16)25/h5-9,14,18,20H,4,10-13H2,1-3H3,(H,26,29)(H,27,28)/t18?,20-/m0/s1. The lowest BCUT2D eigenvalue weighted by Gasteiger charge is -2.29. The lowest BCUT2D eigenvalue weighted by Crippen LogP contribution is -2.46. The second-order valence-corrected chi connectivity index (χ2v) is 8.61. The summed E-state index contributed by atoms with van der Waals surface area (Å²) in [4.78, 5) is 23.9. The van der Waals surface area contributed by atoms with Crippen molar-refractivity contribution in [2.75, 3.05) is 13.2 Å². The number of benzene rings is 1. The molecule has 0 aromatic heterocycles. The van der Waals surface area contributed by atoms with Crippen LogP contribution in [0.15, 0.2) is 42.0 Å². The van der Waals surface area contributed by atoms with Crippen molar-refractivity contribution in [3.8, 4) is 0 Å². The molecule has 31 heavy (non-hydrogen) atoms. The molecule has 170 valence electrons. The SMILES string of the molecule is CCO[C@@H](CC1=CCC(OC(C)(C)C(=O)NCCc2ccc(Cl)cc2Cl)C=C1)C(=O)O. The third kappa shape index (κ3) is 7.96. The number of aliphatic carboxylic acids is 1. The molecular formula is C23H29Cl2NO5. The highest BCUT2D eigenvalue weighted by molar-refractivity contribution is 6.35. The maximum absolute atomic E-state index is 12.6. The lowest BCUT2D eigenvalue weighted by atomic mass is 9.99. The summed E-state index contributed by atoms with van der Waals surface area (Å²) in [6, 6.07) is 5.29. The Balaban J connectivity index is 1.82. The zero-order valence-electron chi connectivity index (χ0n) is 18.0. The largest absolute Gasteiger partial charge is 0.479 e. The molecule has 6 nitrogen and oxygen atoms in total. The lowest BCUT2D eigenvalue weighted by molar-refractivity contribution is -0.150. The number of carboxylic acids is 1. The van der Waals surface area contributed by atoms with Crippen LogP contribution in [0, 0.1) is 0 Å². The number of carboxylic acid groups (broad SMARTS) is 1. The Labute approximate surface area is 193 Å². The van der Waals surface area contributed by atoms with Crippen molar-refractivity contribution < 1.29 is 24.2 Å². The molecule has 2 rings (SSSR count). The van der Waals surface area contributed by atoms with E-state index >= 15 is 0 Å². The monoisotopic (exact) mass is 469 g/mol. The van der Waals surface area contributed by atoms with E-state index in [0.29, 0.717) is 42.5 Å². The van der Waals surface area contributed by atoms with Gasteiger partial charge in [0.2, 0.25) is 0 Å². The summed E-state index contributed by atoms with van der Waals surface area (Å²) in [5.74, 6) is -1.20. The number of ether oxygens (including phenoxy) is 2. The average Bonchev–Trinajstić information content (AvgIpc) is 2.70. The Kier molecular flexibility index (Phi) is 9.56. The minimum Gasteiger partial charge on any atom is -0.479 e. The molecule has 8 heteroatoms. The first-order chi connectivity index (χ1) is 14.6. The number of allylic oxidation sites excluding steroid dienone is 1. The van der Waals surface area contributed by atoms with Gasteiger partial charge in [-0.25, -0.2) is 4.79 Å². The Bertz CT molecular complexity index is 850. The molecule has 2 N–H and O–H groups in total. The summed E-state index contributed by atoms with van der Waals surface area (Å²) in [7, 11) is 0. The number of carbonyl (C=O) groups excluding carboxylic acids is 1. The van der Waals surface area contributed by atoms with Crippen LogP contribution in [-0.2, 0) is 25.5 Å². The average molecular weight is 470 g/mol. The zero-order valence-corrected chi connectivity index (χ0v) is 19.5. The van der Waals surface area contributed by atoms with E-state index in [2.05, 4.69) is 5.32 Å². The van der Waals surface area contributed by atoms with E-state index in [-0.39, 0.29) is 12.0 Å². The highest BCUT2D eigenvalue weighted by atomic mass is 35.5. The van der Waals surface area contributed by atoms with Gasteiger partial charge in [-0.3, -0.25) is 4.79 Å². The van der Waals surface area contributed by atoms with E-state index in [1.165, 1.54) is 0 Å². The molecule has 2 atom stereocenters. The summed E-state index contributed by atoms with van der Waals surface area (Å²) in [5.41, 5.74) is 0.756. The molecule has 1 amide bonds. The van der Waals surface area contributed by atoms with Gasteiger partial charge in [0.15, 0.2) is 6.10 Å². The Morgan fingerprint density at radius 3 is 2.65 bits per heavy atom. The van der Waals surface area contributed by atoms with Gasteiger partial charge in [-0.1, -0.05) is 47.5 Å². The van der Waals surface area contributed by atoms with Crippen LogP contribution in [0.4, 0.5) is 0 Å². The first-order valence-electron chi connectivity index (χ1n) is 10.2. The topological polar surface area (TPSA) is 84.9 Å². The van der Waals surface area contributed by atoms with Crippen LogP contribution >= 0.6 is 23.2 Å². The fraction of sp³-hybridized carbons (Fsp3) is 0.478. The molecule has 0 bridgehead atoms. The second-order valence-electron chi connectivity index (χ2n) is 7.77. The van der Waals surface area contributed by atoms with Crippen molar-refractivity contribution in [2.45, 2.75) is 57.8 Å². The molecule has 0 radical (unpaired) electrons. The van der Waals surface area contributed by atoms with Crippen LogP contribution in [0.5, 0.6) is 0 Å². The Morgan fingerprint density at radius 1 is 1.32 bits per heavy atom. The van der Waals surface area contributed by atoms with Crippen molar-refractivity contribution in [1.82, 2.24) is 5.32 Å². The number of rotatable bonds is 11. The highest BCUT2D eigenvalue weighted by Crippen LogP contribution is 2.24. The number of hydrogen-bond acceptors (Lipinski definition) is 4. The van der Waals surface area contributed by atoms with Gasteiger partial charge < -0.3 is 19.9 Å². The zero-order chi connectivity index (χ0) is 23.0. The van der Waals surface area contributed by atoms with Crippen molar-refractivity contribution in [2.24, 2.45) is 0 Å². The first kappa shape index (κ1) is 25.4. The number of halogens is 2. The maximum atomic E-state index is 12.6. The van der Waals surface area contributed by atoms with Crippen molar-refractivity contribution >= 4 is 35.1 Å². The molecule has 1 aliphatic carbocycles. The normalized spacial score (nSPS) is 17.2. The van der Waals surface area contributed by atoms with Crippen LogP contribution < -0.4 is 5.32 Å². The summed E-state index contributed by atoms with van der Waals surface area (Å²) in [6.45, 7) is 5.97. The first-order valence-corrected chi connectivity index (χ1v) is 11.0. The summed E-state index contributed by atoms with van der Waals surface area (Å²) in [5, 5.41) is 13.2. The van der Waals surface area contributed by atoms with Crippen LogP contribution in [0.1, 0.15) is 39.2 Å². The number of nitrogens with one attached hydrogen (secondary N) is 1. The van der Waals surface area contributed by atoms with Crippen molar-refractivity contribution in [3.63, 3.8) is 0 Å². The molecule has 1 aromatic carbocycles. The second kappa shape index (κ2) is 11.7. The third-order valence-electron chi connectivity index (χ3n) is 4.89. The van der Waals surface area contributed by atoms with Gasteiger partial charge >= 0.3 is 5.97 Å². The van der Waals surface area contributed by atoms with Crippen LogP contribution in [0.25, 0.3) is 0 Å². The van der Waals surface area contributed by atoms with E-state index in [1.807, 2.05) is 24.3 Å². The minimum absolute atomic E-state index is 0.219. The van der Waals surface area contributed by atoms with Gasteiger partial charge in [-0.15, -0.1) is 0 Å². The quantitative estimate of drug-likeness (QED) is 0.495. The maximum Gasteiger partial charge on any atom is 0.333 e. The van der Waals surface area contributed by atoms with Crippen molar-refractivity contribution in [1.29, 1.82) is 0 Å². The molecule has 1 unspecified atom stereocenters. The van der Waals surface area contributed by atoms with E-state index in [0.717, 1.165) is 11.1 Å². The van der Waals surface area contributed by atoms with Crippen LogP contribution in [0.3, 0.4) is 0 Å². The van der Waals surface area contributed by atoms with Gasteiger partial charge in [-0.05, 0) is 56.9 Å².